The molecule has 0 saturated carbocycles. The molecule has 3 aromatic heterocycles. The lowest BCUT2D eigenvalue weighted by atomic mass is 10.4. The van der Waals surface area contributed by atoms with Crippen LogP contribution in [-0.2, 0) is 58.5 Å². The lowest BCUT2D eigenvalue weighted by Gasteiger charge is -2.29. The second-order valence-electron chi connectivity index (χ2n) is 9.50. The van der Waals surface area contributed by atoms with E-state index < -0.39 is 32.6 Å². The maximum Gasteiger partial charge on any atom is 0.344 e. The number of hydrogen-bond acceptors (Lipinski definition) is 15. The summed E-state index contributed by atoms with van der Waals surface area (Å²) in [5, 5.41) is 9.24. The Hall–Kier alpha value is -1.61. The summed E-state index contributed by atoms with van der Waals surface area (Å²) in [5.74, 6) is 0.957. The van der Waals surface area contributed by atoms with Gasteiger partial charge in [-0.3, -0.25) is 23.1 Å². The van der Waals surface area contributed by atoms with Crippen molar-refractivity contribution in [2.24, 2.45) is 0 Å². The molecule has 0 amide bonds. The van der Waals surface area contributed by atoms with Crippen LogP contribution in [0.4, 0.5) is 0 Å². The van der Waals surface area contributed by atoms with Crippen LogP contribution >= 0.6 is 48.5 Å². The van der Waals surface area contributed by atoms with Crippen LogP contribution in [0, 0.1) is 0 Å². The molecule has 0 spiro atoms. The van der Waals surface area contributed by atoms with Crippen molar-refractivity contribution in [2.75, 3.05) is 52.5 Å². The van der Waals surface area contributed by atoms with Crippen LogP contribution in [0.2, 0.25) is 0 Å². The smallest absolute Gasteiger partial charge is 0.308 e. The van der Waals surface area contributed by atoms with Gasteiger partial charge < -0.3 is 18.1 Å². The third kappa shape index (κ3) is 13.0. The van der Waals surface area contributed by atoms with Crippen LogP contribution in [0.5, 0.6) is 0 Å². The van der Waals surface area contributed by atoms with Gasteiger partial charge in [0.25, 0.3) is 0 Å². The quantitative estimate of drug-likeness (QED) is 0.0696. The van der Waals surface area contributed by atoms with Crippen LogP contribution in [-0.4, -0.2) is 86.8 Å². The predicted octanol–water partition coefficient (Wildman–Crippen LogP) is 6.63. The molecule has 0 aliphatic heterocycles. The summed E-state index contributed by atoms with van der Waals surface area (Å²) in [4.78, 5) is 7.97. The van der Waals surface area contributed by atoms with Gasteiger partial charge in [-0.15, -0.1) is 0 Å². The molecule has 0 radical (unpaired) electrons. The van der Waals surface area contributed by atoms with E-state index in [2.05, 4.69) is 26.1 Å². The minimum Gasteiger partial charge on any atom is -0.308 e. The van der Waals surface area contributed by atoms with E-state index in [0.29, 0.717) is 27.5 Å². The molecule has 22 heteroatoms. The van der Waals surface area contributed by atoms with Gasteiger partial charge in [0.15, 0.2) is 11.6 Å². The highest BCUT2D eigenvalue weighted by atomic mass is 79.9. The Labute approximate surface area is 284 Å². The third-order valence-electron chi connectivity index (χ3n) is 5.93. The van der Waals surface area contributed by atoms with E-state index in [1.54, 1.807) is 83.5 Å². The fourth-order valence-corrected chi connectivity index (χ4v) is 8.73. The summed E-state index contributed by atoms with van der Waals surface area (Å²) in [6, 6.07) is 7.09. The van der Waals surface area contributed by atoms with Crippen molar-refractivity contribution in [1.29, 1.82) is 0 Å². The summed E-state index contributed by atoms with van der Waals surface area (Å²) in [5.41, 5.74) is 1.19. The highest BCUT2D eigenvalue weighted by Gasteiger charge is 2.34. The average molecular weight is 800 g/mol. The summed E-state index contributed by atoms with van der Waals surface area (Å²) in [6.07, 6.45) is 3.13. The number of pyridine rings is 1. The van der Waals surface area contributed by atoms with Crippen molar-refractivity contribution in [3.63, 3.8) is 0 Å². The van der Waals surface area contributed by atoms with Crippen molar-refractivity contribution in [3.05, 3.63) is 52.5 Å². The molecule has 0 saturated heterocycles. The maximum absolute atomic E-state index is 13.5. The molecule has 0 aromatic carbocycles. The molecule has 3 rings (SSSR count). The van der Waals surface area contributed by atoms with Crippen LogP contribution in [0.1, 0.15) is 39.1 Å². The molecule has 47 heavy (non-hydrogen) atoms. The molecule has 0 unspecified atom stereocenters. The zero-order valence-corrected chi connectivity index (χ0v) is 31.6. The van der Waals surface area contributed by atoms with Crippen LogP contribution in [0.15, 0.2) is 41.1 Å². The Morgan fingerprint density at radius 1 is 0.723 bits per heavy atom. The van der Waals surface area contributed by atoms with Gasteiger partial charge in [-0.05, 0) is 52.0 Å². The highest BCUT2D eigenvalue weighted by molar-refractivity contribution is 9.10. The van der Waals surface area contributed by atoms with Gasteiger partial charge in [-0.2, -0.15) is 10.2 Å². The van der Waals surface area contributed by atoms with Crippen molar-refractivity contribution in [3.8, 4) is 11.6 Å². The van der Waals surface area contributed by atoms with Gasteiger partial charge in [0.05, 0.1) is 37.8 Å². The third-order valence-corrected chi connectivity index (χ3v) is 10.9. The summed E-state index contributed by atoms with van der Waals surface area (Å²) in [6.45, 7) is 7.90. The van der Waals surface area contributed by atoms with Gasteiger partial charge in [0.1, 0.15) is 26.0 Å². The van der Waals surface area contributed by atoms with E-state index >= 15 is 0 Å². The first-order valence-electron chi connectivity index (χ1n) is 14.5. The lowest BCUT2D eigenvalue weighted by molar-refractivity contribution is 0.0584. The first-order valence-corrected chi connectivity index (χ1v) is 20.2. The molecule has 17 nitrogen and oxygen atoms in total. The second kappa shape index (κ2) is 20.2. The zero-order valence-electron chi connectivity index (χ0n) is 26.4. The first kappa shape index (κ1) is 39.8. The molecule has 0 N–H and O–H groups in total. The Bertz CT molecular complexity index is 1470. The first-order chi connectivity index (χ1) is 22.6. The van der Waals surface area contributed by atoms with Crippen LogP contribution in [0.3, 0.4) is 0 Å². The second-order valence-corrected chi connectivity index (χ2v) is 15.3. The molecule has 0 atom stereocenters. The van der Waals surface area contributed by atoms with E-state index in [0.717, 1.165) is 0 Å². The normalized spacial score (nSPS) is 12.7. The predicted molar refractivity (Wildman–Crippen MR) is 176 cm³/mol. The molecule has 3 aromatic rings. The van der Waals surface area contributed by atoms with E-state index in [9.17, 15) is 18.3 Å². The Morgan fingerprint density at radius 2 is 1.13 bits per heavy atom. The van der Waals surface area contributed by atoms with Gasteiger partial charge in [-0.1, -0.05) is 15.9 Å². The Balaban J connectivity index is 1.85. The van der Waals surface area contributed by atoms with Crippen molar-refractivity contribution < 1.29 is 45.4 Å². The lowest BCUT2D eigenvalue weighted by Crippen LogP contribution is -2.28. The van der Waals surface area contributed by atoms with Crippen LogP contribution < -0.4 is 0 Å². The number of aromatic nitrogens is 5. The molecule has 0 aliphatic rings. The molecule has 3 heterocycles. The largest absolute Gasteiger partial charge is 0.344 e. The zero-order chi connectivity index (χ0) is 34.3. The summed E-state index contributed by atoms with van der Waals surface area (Å²) >= 11 is 3.53. The molecule has 0 fully saturated rings. The van der Waals surface area contributed by atoms with Gasteiger partial charge in [0, 0.05) is 30.0 Å². The standard InChI is InChI=1S/C25H38BrN7O10P4/c1-5-40-46(36,41-6-2)19-31(20-47(37,42-7-3)43-8-4)16-23-10-12-33(29-23)25-14-21(26)13-24(27-25)32-11-9-22(28-32)15-30(17-38-44-34)18-39-45-35/h9-14H,5-8,15-20H2,1-4H3. The van der Waals surface area contributed by atoms with Crippen molar-refractivity contribution in [1.82, 2.24) is 34.3 Å². The molecule has 260 valence electrons. The molecular weight excluding hydrogens is 762 g/mol. The number of hydrogen-bond donors (Lipinski definition) is 0. The van der Waals surface area contributed by atoms with E-state index in [-0.39, 0.29) is 65.6 Å². The van der Waals surface area contributed by atoms with Crippen molar-refractivity contribution >= 4 is 48.5 Å². The van der Waals surface area contributed by atoms with E-state index in [4.69, 9.17) is 32.1 Å². The topological polar surface area (TPSA) is 179 Å². The summed E-state index contributed by atoms with van der Waals surface area (Å²) in [7, 11) is -8.12. The highest BCUT2D eigenvalue weighted by Crippen LogP contribution is 2.53. The van der Waals surface area contributed by atoms with E-state index in [1.807, 2.05) is 0 Å². The Kier molecular flexibility index (Phi) is 17.1. The SMILES string of the molecule is CCOP(=O)(CN(Cc1ccn(-c2cc(Br)cc(-n3ccc(CN(COP=O)COP=O)n3)n2)n1)CP(=O)(OCC)OCC)OCC. The van der Waals surface area contributed by atoms with E-state index in [1.165, 1.54) is 0 Å². The average Bonchev–Trinajstić information content (AvgIpc) is 3.68. The minimum atomic E-state index is -3.57. The number of rotatable bonds is 24. The number of nitrogens with zero attached hydrogens (tertiary/aromatic N) is 7. The minimum absolute atomic E-state index is 0.0323. The fourth-order valence-electron chi connectivity index (χ4n) is 4.31. The fraction of sp³-hybridized carbons (Fsp3) is 0.560. The molecule has 0 aliphatic carbocycles. The Morgan fingerprint density at radius 3 is 1.51 bits per heavy atom. The van der Waals surface area contributed by atoms with Gasteiger partial charge >= 0.3 is 32.6 Å². The molecule has 0 bridgehead atoms. The monoisotopic (exact) mass is 799 g/mol. The van der Waals surface area contributed by atoms with Crippen LogP contribution in [0.25, 0.3) is 11.6 Å². The van der Waals surface area contributed by atoms with Crippen molar-refractivity contribution in [2.45, 2.75) is 40.8 Å². The van der Waals surface area contributed by atoms with Gasteiger partial charge in [-0.25, -0.2) is 28.4 Å². The summed E-state index contributed by atoms with van der Waals surface area (Å²) < 4.78 is 84.0. The molecular formula is C25H38BrN7O10P4. The maximum atomic E-state index is 13.5. The number of halogens is 1. The van der Waals surface area contributed by atoms with Gasteiger partial charge in [0.2, 0.25) is 0 Å².